The van der Waals surface area contributed by atoms with E-state index in [1.54, 1.807) is 0 Å². The van der Waals surface area contributed by atoms with Gasteiger partial charge in [-0.15, -0.1) is 0 Å². The molecule has 3 heteroatoms. The Balaban J connectivity index is 2.37. The van der Waals surface area contributed by atoms with Crippen molar-refractivity contribution in [3.05, 3.63) is 53.6 Å². The fourth-order valence-electron chi connectivity index (χ4n) is 2.19. The smallest absolute Gasteiger partial charge is 0.196 e. The molecule has 0 fully saturated rings. The standard InChI is InChI=1S/C13H10N2O/c14-15-11-7-3-6-9-8-4-1-2-5-10(8)13(16)12(9)11/h1-7,15H,14H2. The van der Waals surface area contributed by atoms with E-state index in [1.165, 1.54) is 0 Å². The average Bonchev–Trinajstić information content (AvgIpc) is 2.64. The molecule has 1 aliphatic carbocycles. The summed E-state index contributed by atoms with van der Waals surface area (Å²) in [5.74, 6) is 5.46. The molecule has 2 aromatic carbocycles. The lowest BCUT2D eigenvalue weighted by Crippen LogP contribution is -2.10. The van der Waals surface area contributed by atoms with Gasteiger partial charge in [0, 0.05) is 5.56 Å². The van der Waals surface area contributed by atoms with Crippen molar-refractivity contribution < 1.29 is 4.79 Å². The number of ketones is 1. The first-order valence-electron chi connectivity index (χ1n) is 5.06. The van der Waals surface area contributed by atoms with Crippen LogP contribution < -0.4 is 11.3 Å². The maximum atomic E-state index is 12.2. The Bertz CT molecular complexity index is 590. The average molecular weight is 210 g/mol. The van der Waals surface area contributed by atoms with Crippen LogP contribution in [0.25, 0.3) is 11.1 Å². The Hall–Kier alpha value is -2.13. The van der Waals surface area contributed by atoms with Gasteiger partial charge in [-0.2, -0.15) is 0 Å². The molecular weight excluding hydrogens is 200 g/mol. The Morgan fingerprint density at radius 1 is 0.875 bits per heavy atom. The van der Waals surface area contributed by atoms with Gasteiger partial charge in [0.1, 0.15) is 0 Å². The van der Waals surface area contributed by atoms with Gasteiger partial charge in [0.15, 0.2) is 5.78 Å². The van der Waals surface area contributed by atoms with E-state index in [9.17, 15) is 4.79 Å². The lowest BCUT2D eigenvalue weighted by Gasteiger charge is -2.05. The molecule has 0 amide bonds. The van der Waals surface area contributed by atoms with Crippen LogP contribution in [0.4, 0.5) is 5.69 Å². The minimum atomic E-state index is 0.0409. The Morgan fingerprint density at radius 2 is 1.56 bits per heavy atom. The number of benzene rings is 2. The highest BCUT2D eigenvalue weighted by molar-refractivity contribution is 6.24. The first kappa shape index (κ1) is 9.12. The Morgan fingerprint density at radius 3 is 2.31 bits per heavy atom. The molecular formula is C13H10N2O. The normalized spacial score (nSPS) is 12.2. The summed E-state index contributed by atoms with van der Waals surface area (Å²) in [7, 11) is 0. The number of hydrazine groups is 1. The molecule has 3 rings (SSSR count). The molecule has 0 unspecified atom stereocenters. The number of hydrogen-bond donors (Lipinski definition) is 2. The van der Waals surface area contributed by atoms with E-state index in [0.717, 1.165) is 16.7 Å². The maximum Gasteiger partial charge on any atom is 0.196 e. The molecule has 0 atom stereocenters. The molecule has 0 heterocycles. The summed E-state index contributed by atoms with van der Waals surface area (Å²) in [6.07, 6.45) is 0. The van der Waals surface area contributed by atoms with E-state index in [-0.39, 0.29) is 5.78 Å². The lowest BCUT2D eigenvalue weighted by atomic mass is 10.1. The molecule has 0 aliphatic heterocycles. The molecule has 0 saturated heterocycles. The summed E-state index contributed by atoms with van der Waals surface area (Å²) in [5, 5.41) is 0. The molecule has 0 saturated carbocycles. The lowest BCUT2D eigenvalue weighted by molar-refractivity contribution is 0.104. The third kappa shape index (κ3) is 1.03. The molecule has 16 heavy (non-hydrogen) atoms. The molecule has 2 aromatic rings. The van der Waals surface area contributed by atoms with E-state index in [0.29, 0.717) is 11.3 Å². The van der Waals surface area contributed by atoms with E-state index < -0.39 is 0 Å². The van der Waals surface area contributed by atoms with Gasteiger partial charge in [-0.3, -0.25) is 10.6 Å². The highest BCUT2D eigenvalue weighted by Gasteiger charge is 2.28. The van der Waals surface area contributed by atoms with Crippen molar-refractivity contribution in [2.45, 2.75) is 0 Å². The van der Waals surface area contributed by atoms with Crippen LogP contribution in [0.2, 0.25) is 0 Å². The predicted octanol–water partition coefficient (Wildman–Crippen LogP) is 2.18. The van der Waals surface area contributed by atoms with Gasteiger partial charge >= 0.3 is 0 Å². The number of nitrogen functional groups attached to an aromatic ring is 1. The largest absolute Gasteiger partial charge is 0.323 e. The van der Waals surface area contributed by atoms with Crippen LogP contribution in [0, 0.1) is 0 Å². The molecule has 1 aliphatic rings. The van der Waals surface area contributed by atoms with Crippen LogP contribution in [-0.4, -0.2) is 5.78 Å². The predicted molar refractivity (Wildman–Crippen MR) is 63.1 cm³/mol. The maximum absolute atomic E-state index is 12.2. The van der Waals surface area contributed by atoms with Gasteiger partial charge < -0.3 is 5.43 Å². The summed E-state index contributed by atoms with van der Waals surface area (Å²) in [4.78, 5) is 12.2. The minimum Gasteiger partial charge on any atom is -0.323 e. The summed E-state index contributed by atoms with van der Waals surface area (Å²) in [6.45, 7) is 0. The molecule has 3 N–H and O–H groups in total. The third-order valence-corrected chi connectivity index (χ3v) is 2.91. The van der Waals surface area contributed by atoms with Crippen molar-refractivity contribution in [2.24, 2.45) is 5.84 Å². The van der Waals surface area contributed by atoms with Crippen LogP contribution in [0.15, 0.2) is 42.5 Å². The number of nitrogens with one attached hydrogen (secondary N) is 1. The first-order valence-corrected chi connectivity index (χ1v) is 5.06. The topological polar surface area (TPSA) is 55.1 Å². The number of hydrogen-bond acceptors (Lipinski definition) is 3. The summed E-state index contributed by atoms with van der Waals surface area (Å²) in [6, 6.07) is 13.3. The van der Waals surface area contributed by atoms with E-state index in [1.807, 2.05) is 42.5 Å². The first-order chi connectivity index (χ1) is 7.83. The molecule has 0 aromatic heterocycles. The zero-order chi connectivity index (χ0) is 11.1. The Kier molecular flexibility index (Phi) is 1.81. The van der Waals surface area contributed by atoms with Gasteiger partial charge in [0.05, 0.1) is 11.3 Å². The van der Waals surface area contributed by atoms with E-state index in [2.05, 4.69) is 5.43 Å². The fourth-order valence-corrected chi connectivity index (χ4v) is 2.19. The van der Waals surface area contributed by atoms with E-state index in [4.69, 9.17) is 5.84 Å². The number of carbonyl (C=O) groups is 1. The number of anilines is 1. The zero-order valence-electron chi connectivity index (χ0n) is 8.53. The number of fused-ring (bicyclic) bond motifs is 3. The van der Waals surface area contributed by atoms with Crippen LogP contribution in [-0.2, 0) is 0 Å². The van der Waals surface area contributed by atoms with Crippen molar-refractivity contribution in [1.82, 2.24) is 0 Å². The van der Waals surface area contributed by atoms with Crippen LogP contribution in [0.3, 0.4) is 0 Å². The second-order valence-electron chi connectivity index (χ2n) is 3.75. The number of rotatable bonds is 1. The SMILES string of the molecule is NNc1cccc2c1C(=O)c1ccccc1-2. The molecule has 0 bridgehead atoms. The van der Waals surface area contributed by atoms with Crippen molar-refractivity contribution in [2.75, 3.05) is 5.43 Å². The molecule has 3 nitrogen and oxygen atoms in total. The number of nitrogens with two attached hydrogens (primary N) is 1. The highest BCUT2D eigenvalue weighted by Crippen LogP contribution is 2.39. The van der Waals surface area contributed by atoms with Gasteiger partial charge in [0.2, 0.25) is 0 Å². The van der Waals surface area contributed by atoms with E-state index >= 15 is 0 Å². The van der Waals surface area contributed by atoms with Crippen molar-refractivity contribution in [3.8, 4) is 11.1 Å². The monoisotopic (exact) mass is 210 g/mol. The van der Waals surface area contributed by atoms with Crippen molar-refractivity contribution in [1.29, 1.82) is 0 Å². The van der Waals surface area contributed by atoms with Gasteiger partial charge in [-0.1, -0.05) is 36.4 Å². The molecule has 0 spiro atoms. The minimum absolute atomic E-state index is 0.0409. The third-order valence-electron chi connectivity index (χ3n) is 2.91. The van der Waals surface area contributed by atoms with Crippen molar-refractivity contribution >= 4 is 11.5 Å². The zero-order valence-corrected chi connectivity index (χ0v) is 8.53. The fraction of sp³-hybridized carbons (Fsp3) is 0. The molecule has 0 radical (unpaired) electrons. The van der Waals surface area contributed by atoms with Gasteiger partial charge in [-0.25, -0.2) is 0 Å². The summed E-state index contributed by atoms with van der Waals surface area (Å²) >= 11 is 0. The van der Waals surface area contributed by atoms with Gasteiger partial charge in [-0.05, 0) is 17.2 Å². The van der Waals surface area contributed by atoms with Crippen LogP contribution >= 0.6 is 0 Å². The quantitative estimate of drug-likeness (QED) is 0.478. The van der Waals surface area contributed by atoms with Crippen LogP contribution in [0.5, 0.6) is 0 Å². The van der Waals surface area contributed by atoms with Crippen molar-refractivity contribution in [3.63, 3.8) is 0 Å². The number of carbonyl (C=O) groups excluding carboxylic acids is 1. The highest BCUT2D eigenvalue weighted by atomic mass is 16.1. The summed E-state index contributed by atoms with van der Waals surface area (Å²) < 4.78 is 0. The summed E-state index contributed by atoms with van der Waals surface area (Å²) in [5.41, 5.74) is 6.61. The van der Waals surface area contributed by atoms with Gasteiger partial charge in [0.25, 0.3) is 0 Å². The Labute approximate surface area is 92.9 Å². The second kappa shape index (κ2) is 3.18. The van der Waals surface area contributed by atoms with Crippen LogP contribution in [0.1, 0.15) is 15.9 Å². The second-order valence-corrected chi connectivity index (χ2v) is 3.75. The molecule has 78 valence electrons.